The zero-order valence-corrected chi connectivity index (χ0v) is 19.8. The van der Waals surface area contributed by atoms with Gasteiger partial charge in [-0.1, -0.05) is 19.9 Å². The standard InChI is InChI=1S/C25H32N6O2/c1-25(2)8-10-31(11-9-25)22-12-17(18-15-29(4)24(33)30(5)16-18)6-7-20(22)28-23(32)21-13-19(26-3)14-27-21/h6-7,12-14,18,27H,8-11,15-16H2,1-2,4-5H3,(H,28,32). The van der Waals surface area contributed by atoms with E-state index in [1.807, 2.05) is 20.2 Å². The number of carbonyl (C=O) groups is 2. The van der Waals surface area contributed by atoms with Crippen molar-refractivity contribution in [1.29, 1.82) is 0 Å². The molecule has 0 saturated carbocycles. The van der Waals surface area contributed by atoms with Crippen molar-refractivity contribution in [2.45, 2.75) is 32.6 Å². The van der Waals surface area contributed by atoms with E-state index in [0.717, 1.165) is 42.9 Å². The van der Waals surface area contributed by atoms with E-state index in [2.05, 4.69) is 46.0 Å². The summed E-state index contributed by atoms with van der Waals surface area (Å²) in [6.07, 6.45) is 3.70. The van der Waals surface area contributed by atoms with Crippen LogP contribution in [0.2, 0.25) is 0 Å². The number of rotatable bonds is 4. The van der Waals surface area contributed by atoms with E-state index in [-0.39, 0.29) is 17.9 Å². The van der Waals surface area contributed by atoms with E-state index in [1.165, 1.54) is 6.20 Å². The van der Waals surface area contributed by atoms with Gasteiger partial charge in [0.1, 0.15) is 0 Å². The molecule has 2 N–H and O–H groups in total. The highest BCUT2D eigenvalue weighted by atomic mass is 16.2. The Morgan fingerprint density at radius 2 is 1.82 bits per heavy atom. The van der Waals surface area contributed by atoms with Crippen LogP contribution in [0.4, 0.5) is 21.9 Å². The molecule has 1 aromatic heterocycles. The van der Waals surface area contributed by atoms with Gasteiger partial charge in [-0.15, -0.1) is 0 Å². The second-order valence-corrected chi connectivity index (χ2v) is 10.0. The first-order valence-corrected chi connectivity index (χ1v) is 11.4. The topological polar surface area (TPSA) is 76.0 Å². The van der Waals surface area contributed by atoms with Gasteiger partial charge in [0.05, 0.1) is 23.6 Å². The van der Waals surface area contributed by atoms with Crippen LogP contribution in [-0.4, -0.2) is 67.0 Å². The summed E-state index contributed by atoms with van der Waals surface area (Å²) in [5, 5.41) is 3.05. The Morgan fingerprint density at radius 1 is 1.15 bits per heavy atom. The number of H-pyrrole nitrogens is 1. The van der Waals surface area contributed by atoms with Crippen LogP contribution in [0.15, 0.2) is 30.5 Å². The van der Waals surface area contributed by atoms with Crippen molar-refractivity contribution in [2.24, 2.45) is 5.41 Å². The van der Waals surface area contributed by atoms with Crippen molar-refractivity contribution in [2.75, 3.05) is 50.5 Å². The van der Waals surface area contributed by atoms with Crippen LogP contribution in [-0.2, 0) is 0 Å². The number of aromatic nitrogens is 1. The van der Waals surface area contributed by atoms with Gasteiger partial charge in [-0.3, -0.25) is 4.79 Å². The molecule has 2 aromatic rings. The van der Waals surface area contributed by atoms with E-state index in [4.69, 9.17) is 6.57 Å². The molecule has 0 atom stereocenters. The fourth-order valence-electron chi connectivity index (χ4n) is 4.67. The van der Waals surface area contributed by atoms with Gasteiger partial charge in [-0.05, 0) is 42.0 Å². The molecule has 2 aliphatic rings. The summed E-state index contributed by atoms with van der Waals surface area (Å²) < 4.78 is 0. The van der Waals surface area contributed by atoms with Crippen molar-refractivity contribution >= 4 is 29.0 Å². The molecule has 0 bridgehead atoms. The number of nitrogens with zero attached hydrogens (tertiary/aromatic N) is 4. The number of hydrogen-bond donors (Lipinski definition) is 2. The molecule has 8 heteroatoms. The first-order chi connectivity index (χ1) is 15.7. The largest absolute Gasteiger partial charge is 0.370 e. The van der Waals surface area contributed by atoms with E-state index >= 15 is 0 Å². The van der Waals surface area contributed by atoms with Gasteiger partial charge < -0.3 is 25.0 Å². The van der Waals surface area contributed by atoms with Gasteiger partial charge >= 0.3 is 6.03 Å². The molecular formula is C25H32N6O2. The Bertz CT molecular complexity index is 1070. The number of benzene rings is 1. The number of anilines is 2. The van der Waals surface area contributed by atoms with Gasteiger partial charge in [0.2, 0.25) is 5.69 Å². The van der Waals surface area contributed by atoms with Gasteiger partial charge in [0, 0.05) is 52.4 Å². The fourth-order valence-corrected chi connectivity index (χ4v) is 4.67. The third kappa shape index (κ3) is 4.82. The number of amides is 3. The second-order valence-electron chi connectivity index (χ2n) is 10.0. The molecule has 3 amide bonds. The summed E-state index contributed by atoms with van der Waals surface area (Å²) >= 11 is 0. The lowest BCUT2D eigenvalue weighted by Gasteiger charge is -2.40. The zero-order valence-electron chi connectivity index (χ0n) is 19.8. The maximum atomic E-state index is 12.9. The first-order valence-electron chi connectivity index (χ1n) is 11.4. The molecule has 174 valence electrons. The first kappa shape index (κ1) is 22.7. The van der Waals surface area contributed by atoms with Crippen LogP contribution in [0.3, 0.4) is 0 Å². The number of carbonyl (C=O) groups excluding carboxylic acids is 2. The fraction of sp³-hybridized carbons (Fsp3) is 0.480. The smallest absolute Gasteiger partial charge is 0.319 e. The minimum atomic E-state index is -0.265. The van der Waals surface area contributed by atoms with Crippen LogP contribution < -0.4 is 10.2 Å². The van der Waals surface area contributed by atoms with Gasteiger partial charge in [-0.2, -0.15) is 0 Å². The minimum Gasteiger partial charge on any atom is -0.370 e. The Hall–Kier alpha value is -3.47. The molecule has 0 unspecified atom stereocenters. The minimum absolute atomic E-state index is 0.0401. The van der Waals surface area contributed by atoms with E-state index in [0.29, 0.717) is 29.9 Å². The van der Waals surface area contributed by atoms with E-state index in [1.54, 1.807) is 15.9 Å². The lowest BCUT2D eigenvalue weighted by molar-refractivity contribution is 0.102. The Kier molecular flexibility index (Phi) is 6.07. The number of likely N-dealkylation sites (N-methyl/N-ethyl adjacent to an activating group) is 2. The number of aromatic amines is 1. The monoisotopic (exact) mass is 448 g/mol. The Morgan fingerprint density at radius 3 is 2.42 bits per heavy atom. The summed E-state index contributed by atoms with van der Waals surface area (Å²) in [7, 11) is 3.67. The summed E-state index contributed by atoms with van der Waals surface area (Å²) in [5.41, 5.74) is 4.02. The van der Waals surface area contributed by atoms with Crippen LogP contribution in [0, 0.1) is 12.0 Å². The van der Waals surface area contributed by atoms with Crippen molar-refractivity contribution < 1.29 is 9.59 Å². The van der Waals surface area contributed by atoms with Gasteiger partial charge in [-0.25, -0.2) is 9.64 Å². The highest BCUT2D eigenvalue weighted by Crippen LogP contribution is 2.37. The average molecular weight is 449 g/mol. The molecule has 33 heavy (non-hydrogen) atoms. The summed E-state index contributed by atoms with van der Waals surface area (Å²) in [6, 6.07) is 7.80. The predicted molar refractivity (Wildman–Crippen MR) is 130 cm³/mol. The normalized spacial score (nSPS) is 18.9. The Balaban J connectivity index is 1.63. The van der Waals surface area contributed by atoms with E-state index < -0.39 is 0 Å². The van der Waals surface area contributed by atoms with Crippen molar-refractivity contribution in [1.82, 2.24) is 14.8 Å². The summed E-state index contributed by atoms with van der Waals surface area (Å²) in [5.74, 6) is -0.0639. The van der Waals surface area contributed by atoms with Gasteiger partial charge in [0.25, 0.3) is 5.91 Å². The SMILES string of the molecule is [C-]#[N+]c1c[nH]c(C(=O)Nc2ccc(C3CN(C)C(=O)N(C)C3)cc2N2CCC(C)(C)CC2)c1. The molecule has 2 aliphatic heterocycles. The van der Waals surface area contributed by atoms with Crippen LogP contribution in [0.1, 0.15) is 48.7 Å². The molecule has 8 nitrogen and oxygen atoms in total. The number of nitrogens with one attached hydrogen (secondary N) is 2. The maximum Gasteiger partial charge on any atom is 0.319 e. The zero-order chi connectivity index (χ0) is 23.8. The highest BCUT2D eigenvalue weighted by molar-refractivity contribution is 6.05. The third-order valence-electron chi connectivity index (χ3n) is 6.88. The third-order valence-corrected chi connectivity index (χ3v) is 6.88. The molecule has 0 aliphatic carbocycles. The number of piperidine rings is 1. The molecular weight excluding hydrogens is 416 g/mol. The molecule has 3 heterocycles. The van der Waals surface area contributed by atoms with Crippen LogP contribution >= 0.6 is 0 Å². The number of hydrogen-bond acceptors (Lipinski definition) is 3. The van der Waals surface area contributed by atoms with Gasteiger partial charge in [0.15, 0.2) is 0 Å². The van der Waals surface area contributed by atoms with Crippen molar-refractivity contribution in [3.63, 3.8) is 0 Å². The molecule has 4 rings (SSSR count). The predicted octanol–water partition coefficient (Wildman–Crippen LogP) is 4.52. The Labute approximate surface area is 195 Å². The summed E-state index contributed by atoms with van der Waals surface area (Å²) in [6.45, 7) is 14.9. The lowest BCUT2D eigenvalue weighted by atomic mass is 9.82. The molecule has 2 saturated heterocycles. The van der Waals surface area contributed by atoms with E-state index in [9.17, 15) is 9.59 Å². The number of urea groups is 1. The van der Waals surface area contributed by atoms with Crippen molar-refractivity contribution in [3.8, 4) is 0 Å². The molecule has 0 radical (unpaired) electrons. The highest BCUT2D eigenvalue weighted by Gasteiger charge is 2.30. The average Bonchev–Trinajstić information content (AvgIpc) is 3.27. The lowest BCUT2D eigenvalue weighted by Crippen LogP contribution is -2.49. The quantitative estimate of drug-likeness (QED) is 0.675. The maximum absolute atomic E-state index is 12.9. The second kappa shape index (κ2) is 8.81. The molecule has 2 fully saturated rings. The molecule has 0 spiro atoms. The van der Waals surface area contributed by atoms with Crippen LogP contribution in [0.5, 0.6) is 0 Å². The van der Waals surface area contributed by atoms with Crippen LogP contribution in [0.25, 0.3) is 4.85 Å². The molecule has 1 aromatic carbocycles. The summed E-state index contributed by atoms with van der Waals surface area (Å²) in [4.78, 5) is 37.2. The van der Waals surface area contributed by atoms with Crippen molar-refractivity contribution in [3.05, 3.63) is 53.1 Å².